The zero-order valence-electron chi connectivity index (χ0n) is 19.9. The van der Waals surface area contributed by atoms with Crippen molar-refractivity contribution in [3.8, 4) is 22.4 Å². The molecule has 4 heterocycles. The average molecular weight is 619 g/mol. The summed E-state index contributed by atoms with van der Waals surface area (Å²) in [4.78, 5) is 34.5. The molecule has 0 aromatic carbocycles. The molecule has 10 nitrogen and oxygen atoms in total. The summed E-state index contributed by atoms with van der Waals surface area (Å²) in [6.07, 6.45) is -8.67. The quantitative estimate of drug-likeness (QED) is 0.313. The van der Waals surface area contributed by atoms with Crippen LogP contribution in [0, 0.1) is 0 Å². The van der Waals surface area contributed by atoms with Gasteiger partial charge < -0.3 is 10.2 Å². The van der Waals surface area contributed by atoms with Gasteiger partial charge in [0, 0.05) is 42.1 Å². The van der Waals surface area contributed by atoms with Gasteiger partial charge in [0.2, 0.25) is 0 Å². The minimum atomic E-state index is -5.08. The number of carboxylic acids is 2. The number of pyridine rings is 1. The third-order valence-electron chi connectivity index (χ3n) is 4.49. The van der Waals surface area contributed by atoms with Crippen LogP contribution >= 0.6 is 11.3 Å². The molecule has 0 unspecified atom stereocenters. The number of aryl methyl sites for hydroxylation is 1. The van der Waals surface area contributed by atoms with E-state index in [2.05, 4.69) is 15.2 Å². The lowest BCUT2D eigenvalue weighted by Crippen LogP contribution is -2.21. The van der Waals surface area contributed by atoms with Crippen molar-refractivity contribution >= 4 is 33.4 Å². The Labute approximate surface area is 224 Å². The summed E-state index contributed by atoms with van der Waals surface area (Å²) in [7, 11) is 1.51. The van der Waals surface area contributed by atoms with Crippen LogP contribution in [-0.2, 0) is 23.2 Å². The maximum absolute atomic E-state index is 12.7. The summed E-state index contributed by atoms with van der Waals surface area (Å²) in [5, 5.41) is 24.6. The standard InChI is InChI=1S/C17H12F3N5OS.2C2HF3O2/c1-24-16(26)13-12(10-2-4-21-5-3-10)8-27-15(13)14(23-24)11-6-22-25(7-11)9-17(18,19)20;2*3-2(4,5)1(6)7/h2-8H,9H2,1H3;2*(H,6,7). The molecule has 0 bridgehead atoms. The van der Waals surface area contributed by atoms with E-state index in [1.807, 2.05) is 5.38 Å². The minimum Gasteiger partial charge on any atom is -0.475 e. The molecule has 4 aromatic rings. The number of fused-ring (bicyclic) bond motifs is 1. The lowest BCUT2D eigenvalue weighted by atomic mass is 10.1. The molecule has 0 aliphatic rings. The topological polar surface area (TPSA) is 140 Å². The molecule has 41 heavy (non-hydrogen) atoms. The van der Waals surface area contributed by atoms with E-state index < -0.39 is 37.0 Å². The lowest BCUT2D eigenvalue weighted by molar-refractivity contribution is -0.193. The second-order valence-corrected chi connectivity index (χ2v) is 8.39. The van der Waals surface area contributed by atoms with Gasteiger partial charge in [0.05, 0.1) is 16.3 Å². The van der Waals surface area contributed by atoms with Gasteiger partial charge in [-0.2, -0.15) is 49.7 Å². The minimum absolute atomic E-state index is 0.274. The Morgan fingerprint density at radius 1 is 0.927 bits per heavy atom. The second-order valence-electron chi connectivity index (χ2n) is 7.51. The number of aromatic nitrogens is 5. The van der Waals surface area contributed by atoms with Crippen molar-refractivity contribution in [3.05, 3.63) is 52.7 Å². The van der Waals surface area contributed by atoms with Crippen molar-refractivity contribution in [2.24, 2.45) is 7.05 Å². The molecule has 0 atom stereocenters. The van der Waals surface area contributed by atoms with E-state index in [-0.39, 0.29) is 5.56 Å². The summed E-state index contributed by atoms with van der Waals surface area (Å²) in [6, 6.07) is 3.59. The number of carbonyl (C=O) groups is 2. The van der Waals surface area contributed by atoms with Gasteiger partial charge in [-0.15, -0.1) is 11.3 Å². The first kappa shape index (κ1) is 32.7. The van der Waals surface area contributed by atoms with Gasteiger partial charge >= 0.3 is 30.5 Å². The molecule has 0 fully saturated rings. The van der Waals surface area contributed by atoms with Gasteiger partial charge in [0.15, 0.2) is 0 Å². The molecule has 0 aliphatic heterocycles. The van der Waals surface area contributed by atoms with Crippen LogP contribution in [0.2, 0.25) is 0 Å². The Morgan fingerprint density at radius 3 is 1.90 bits per heavy atom. The highest BCUT2D eigenvalue weighted by molar-refractivity contribution is 7.18. The molecular weight excluding hydrogens is 605 g/mol. The zero-order chi connectivity index (χ0) is 31.3. The first-order valence-electron chi connectivity index (χ1n) is 10.3. The van der Waals surface area contributed by atoms with Crippen LogP contribution in [-0.4, -0.2) is 65.2 Å². The Bertz CT molecular complexity index is 1550. The Morgan fingerprint density at radius 2 is 1.44 bits per heavy atom. The smallest absolute Gasteiger partial charge is 0.475 e. The summed E-state index contributed by atoms with van der Waals surface area (Å²) < 4.78 is 104. The average Bonchev–Trinajstić information content (AvgIpc) is 3.48. The Hall–Kier alpha value is -4.49. The van der Waals surface area contributed by atoms with E-state index in [4.69, 9.17) is 19.8 Å². The third kappa shape index (κ3) is 9.01. The van der Waals surface area contributed by atoms with E-state index in [9.17, 15) is 44.3 Å². The zero-order valence-corrected chi connectivity index (χ0v) is 20.7. The normalized spacial score (nSPS) is 11.8. The maximum atomic E-state index is 12.7. The summed E-state index contributed by atoms with van der Waals surface area (Å²) in [6.45, 7) is -1.19. The van der Waals surface area contributed by atoms with Gasteiger partial charge in [0.1, 0.15) is 12.2 Å². The summed E-state index contributed by atoms with van der Waals surface area (Å²) in [5.74, 6) is -5.51. The van der Waals surface area contributed by atoms with Gasteiger partial charge in [-0.25, -0.2) is 14.3 Å². The fraction of sp³-hybridized carbons (Fsp3) is 0.238. The molecule has 0 saturated heterocycles. The molecule has 0 saturated carbocycles. The van der Waals surface area contributed by atoms with Crippen LogP contribution < -0.4 is 5.56 Å². The Kier molecular flexibility index (Phi) is 9.86. The molecule has 0 amide bonds. The molecule has 0 spiro atoms. The van der Waals surface area contributed by atoms with Crippen LogP contribution in [0.1, 0.15) is 0 Å². The molecule has 222 valence electrons. The van der Waals surface area contributed by atoms with Gasteiger partial charge in [0.25, 0.3) is 5.56 Å². The number of hydrogen-bond acceptors (Lipinski definition) is 7. The first-order chi connectivity index (χ1) is 18.7. The number of aliphatic carboxylic acids is 2. The molecular formula is C21H14F9N5O5S. The van der Waals surface area contributed by atoms with Crippen molar-refractivity contribution < 1.29 is 59.3 Å². The van der Waals surface area contributed by atoms with Crippen molar-refractivity contribution in [2.45, 2.75) is 25.1 Å². The number of rotatable bonds is 3. The van der Waals surface area contributed by atoms with Crippen LogP contribution in [0.25, 0.3) is 32.5 Å². The van der Waals surface area contributed by atoms with Crippen LogP contribution in [0.15, 0.2) is 47.1 Å². The van der Waals surface area contributed by atoms with Crippen LogP contribution in [0.4, 0.5) is 39.5 Å². The summed E-state index contributed by atoms with van der Waals surface area (Å²) in [5.41, 5.74) is 2.14. The molecule has 4 aromatic heterocycles. The van der Waals surface area contributed by atoms with Gasteiger partial charge in [-0.05, 0) is 17.7 Å². The molecule has 20 heteroatoms. The molecule has 0 radical (unpaired) electrons. The SMILES string of the molecule is Cn1nc(-c2cnn(CC(F)(F)F)c2)c2scc(-c3ccncc3)c2c1=O.O=C(O)C(F)(F)F.O=C(O)C(F)(F)F. The predicted octanol–water partition coefficient (Wildman–Crippen LogP) is 4.75. The fourth-order valence-electron chi connectivity index (χ4n) is 2.84. The highest BCUT2D eigenvalue weighted by Crippen LogP contribution is 2.36. The van der Waals surface area contributed by atoms with Crippen LogP contribution in [0.3, 0.4) is 0 Å². The second kappa shape index (κ2) is 12.4. The number of thiophene rings is 1. The van der Waals surface area contributed by atoms with Crippen molar-refractivity contribution in [3.63, 3.8) is 0 Å². The Balaban J connectivity index is 0.000000349. The van der Waals surface area contributed by atoms with Crippen molar-refractivity contribution in [2.75, 3.05) is 0 Å². The monoisotopic (exact) mass is 619 g/mol. The van der Waals surface area contributed by atoms with E-state index in [1.165, 1.54) is 35.5 Å². The van der Waals surface area contributed by atoms with Crippen molar-refractivity contribution in [1.82, 2.24) is 24.5 Å². The van der Waals surface area contributed by atoms with Gasteiger partial charge in [-0.1, -0.05) is 0 Å². The highest BCUT2D eigenvalue weighted by atomic mass is 32.1. The summed E-state index contributed by atoms with van der Waals surface area (Å²) >= 11 is 1.32. The van der Waals surface area contributed by atoms with E-state index in [0.717, 1.165) is 15.8 Å². The first-order valence-corrected chi connectivity index (χ1v) is 11.2. The number of nitrogens with zero attached hydrogens (tertiary/aromatic N) is 5. The predicted molar refractivity (Wildman–Crippen MR) is 123 cm³/mol. The highest BCUT2D eigenvalue weighted by Gasteiger charge is 2.39. The van der Waals surface area contributed by atoms with Crippen LogP contribution in [0.5, 0.6) is 0 Å². The lowest BCUT2D eigenvalue weighted by Gasteiger charge is -2.06. The van der Waals surface area contributed by atoms with E-state index in [1.54, 1.807) is 24.5 Å². The molecule has 0 aliphatic carbocycles. The number of carboxylic acid groups (broad SMARTS) is 2. The molecule has 2 N–H and O–H groups in total. The van der Waals surface area contributed by atoms with E-state index >= 15 is 0 Å². The van der Waals surface area contributed by atoms with Crippen molar-refractivity contribution in [1.29, 1.82) is 0 Å². The number of alkyl halides is 9. The maximum Gasteiger partial charge on any atom is 0.490 e. The fourth-order valence-corrected chi connectivity index (χ4v) is 3.91. The number of hydrogen-bond donors (Lipinski definition) is 2. The van der Waals surface area contributed by atoms with E-state index in [0.29, 0.717) is 21.3 Å². The molecule has 4 rings (SSSR count). The van der Waals surface area contributed by atoms with Gasteiger partial charge in [-0.3, -0.25) is 14.5 Å². The number of halogens is 9. The largest absolute Gasteiger partial charge is 0.490 e. The third-order valence-corrected chi connectivity index (χ3v) is 5.47.